The Labute approximate surface area is 188 Å². The second-order valence-electron chi connectivity index (χ2n) is 7.78. The standard InChI is InChI=1S/C20H25ClN6O3S/c1-3-11(6-15-12(21)4-5-31-15)26-19-16-20(23-8-22-19)27(9-24-16)14-7-13(25-10(2)28)17(29)18(14)30/h4-5,8-9,11,13-14,17-18,29-30H,3,6-7H2,1-2H3,(H,25,28)(H,22,23,26)/t11-,13?,14+,17+,18-/m0/s1. The van der Waals surface area contributed by atoms with Gasteiger partial charge in [0.2, 0.25) is 5.91 Å². The maximum atomic E-state index is 11.4. The predicted octanol–water partition coefficient (Wildman–Crippen LogP) is 2.15. The largest absolute Gasteiger partial charge is 0.388 e. The van der Waals surface area contributed by atoms with Gasteiger partial charge in [-0.15, -0.1) is 11.3 Å². The summed E-state index contributed by atoms with van der Waals surface area (Å²) in [5.41, 5.74) is 1.14. The van der Waals surface area contributed by atoms with E-state index in [2.05, 4.69) is 32.5 Å². The fourth-order valence-electron chi connectivity index (χ4n) is 4.07. The Balaban J connectivity index is 1.58. The minimum Gasteiger partial charge on any atom is -0.388 e. The fourth-order valence-corrected chi connectivity index (χ4v) is 5.27. The minimum atomic E-state index is -1.06. The predicted molar refractivity (Wildman–Crippen MR) is 119 cm³/mol. The van der Waals surface area contributed by atoms with Gasteiger partial charge in [0.15, 0.2) is 11.5 Å². The van der Waals surface area contributed by atoms with Crippen molar-refractivity contribution in [2.45, 2.75) is 63.4 Å². The average Bonchev–Trinajstić information content (AvgIpc) is 3.42. The Bertz CT molecular complexity index is 1070. The smallest absolute Gasteiger partial charge is 0.217 e. The number of fused-ring (bicyclic) bond motifs is 1. The summed E-state index contributed by atoms with van der Waals surface area (Å²) in [4.78, 5) is 25.7. The molecule has 1 aliphatic rings. The lowest BCUT2D eigenvalue weighted by Gasteiger charge is -2.19. The summed E-state index contributed by atoms with van der Waals surface area (Å²) in [5.74, 6) is 0.354. The van der Waals surface area contributed by atoms with Gasteiger partial charge in [0.05, 0.1) is 23.4 Å². The molecule has 0 bridgehead atoms. The highest BCUT2D eigenvalue weighted by atomic mass is 35.5. The van der Waals surface area contributed by atoms with E-state index in [1.54, 1.807) is 22.2 Å². The molecule has 1 amide bonds. The van der Waals surface area contributed by atoms with Gasteiger partial charge in [-0.2, -0.15) is 0 Å². The zero-order valence-electron chi connectivity index (χ0n) is 17.2. The van der Waals surface area contributed by atoms with Crippen LogP contribution in [-0.2, 0) is 11.2 Å². The maximum absolute atomic E-state index is 11.4. The van der Waals surface area contributed by atoms with Gasteiger partial charge >= 0.3 is 0 Å². The number of amides is 1. The lowest BCUT2D eigenvalue weighted by atomic mass is 10.1. The van der Waals surface area contributed by atoms with Crippen LogP contribution >= 0.6 is 22.9 Å². The molecule has 1 saturated carbocycles. The van der Waals surface area contributed by atoms with Crippen molar-refractivity contribution < 1.29 is 15.0 Å². The van der Waals surface area contributed by atoms with Crippen molar-refractivity contribution in [1.82, 2.24) is 24.8 Å². The van der Waals surface area contributed by atoms with E-state index in [-0.39, 0.29) is 11.9 Å². The van der Waals surface area contributed by atoms with Gasteiger partial charge < -0.3 is 25.4 Å². The number of aromatic nitrogens is 4. The Hall–Kier alpha value is -2.27. The molecule has 0 saturated heterocycles. The molecule has 11 heteroatoms. The number of anilines is 1. The molecule has 31 heavy (non-hydrogen) atoms. The van der Waals surface area contributed by atoms with Crippen molar-refractivity contribution in [2.75, 3.05) is 5.32 Å². The van der Waals surface area contributed by atoms with Crippen LogP contribution in [-0.4, -0.2) is 59.9 Å². The van der Waals surface area contributed by atoms with E-state index >= 15 is 0 Å². The van der Waals surface area contributed by atoms with Crippen molar-refractivity contribution in [1.29, 1.82) is 0 Å². The lowest BCUT2D eigenvalue weighted by Crippen LogP contribution is -2.42. The topological polar surface area (TPSA) is 125 Å². The summed E-state index contributed by atoms with van der Waals surface area (Å²) < 4.78 is 1.75. The molecular weight excluding hydrogens is 440 g/mol. The van der Waals surface area contributed by atoms with Gasteiger partial charge in [0, 0.05) is 24.3 Å². The van der Waals surface area contributed by atoms with Crippen molar-refractivity contribution in [3.8, 4) is 0 Å². The zero-order chi connectivity index (χ0) is 22.1. The van der Waals surface area contributed by atoms with E-state index in [0.29, 0.717) is 23.4 Å². The first-order valence-corrected chi connectivity index (χ1v) is 11.4. The van der Waals surface area contributed by atoms with Gasteiger partial charge in [0.1, 0.15) is 24.1 Å². The first kappa shape index (κ1) is 21.9. The number of thiophene rings is 1. The molecule has 1 unspecified atom stereocenters. The van der Waals surface area contributed by atoms with Crippen LogP contribution in [0.15, 0.2) is 24.1 Å². The number of hydrogen-bond acceptors (Lipinski definition) is 8. The summed E-state index contributed by atoms with van der Waals surface area (Å²) in [5, 5.41) is 29.8. The Morgan fingerprint density at radius 1 is 1.35 bits per heavy atom. The molecule has 0 spiro atoms. The van der Waals surface area contributed by atoms with Crippen molar-refractivity contribution in [3.05, 3.63) is 34.0 Å². The van der Waals surface area contributed by atoms with Crippen LogP contribution in [0.5, 0.6) is 0 Å². The number of aliphatic hydroxyl groups excluding tert-OH is 2. The third-order valence-corrected chi connectivity index (χ3v) is 7.12. The number of aliphatic hydroxyl groups is 2. The number of nitrogens with zero attached hydrogens (tertiary/aromatic N) is 4. The lowest BCUT2D eigenvalue weighted by molar-refractivity contribution is -0.120. The Morgan fingerprint density at radius 3 is 2.84 bits per heavy atom. The summed E-state index contributed by atoms with van der Waals surface area (Å²) in [6.07, 6.45) is 2.94. The molecule has 9 nitrogen and oxygen atoms in total. The maximum Gasteiger partial charge on any atom is 0.217 e. The normalized spacial score (nSPS) is 24.4. The van der Waals surface area contributed by atoms with Crippen LogP contribution in [0.25, 0.3) is 11.2 Å². The fraction of sp³-hybridized carbons (Fsp3) is 0.500. The highest BCUT2D eigenvalue weighted by Crippen LogP contribution is 2.34. The second-order valence-corrected chi connectivity index (χ2v) is 9.19. The Kier molecular flexibility index (Phi) is 6.42. The van der Waals surface area contributed by atoms with Crippen LogP contribution in [0, 0.1) is 0 Å². The molecule has 0 aromatic carbocycles. The van der Waals surface area contributed by atoms with Gasteiger partial charge in [0.25, 0.3) is 0 Å². The second kappa shape index (κ2) is 9.07. The van der Waals surface area contributed by atoms with Crippen molar-refractivity contribution in [3.63, 3.8) is 0 Å². The molecule has 3 aromatic heterocycles. The SMILES string of the molecule is CC[C@@H](Cc1sccc1Cl)Nc1ncnc2c1ncn2[C@@H]1CC(NC(C)=O)[C@@H](O)[C@H]1O. The summed E-state index contributed by atoms with van der Waals surface area (Å²) in [7, 11) is 0. The molecule has 166 valence electrons. The zero-order valence-corrected chi connectivity index (χ0v) is 18.8. The summed E-state index contributed by atoms with van der Waals surface area (Å²) in [6.45, 7) is 3.48. The van der Waals surface area contributed by atoms with E-state index in [0.717, 1.165) is 22.7 Å². The van der Waals surface area contributed by atoms with E-state index in [9.17, 15) is 15.0 Å². The van der Waals surface area contributed by atoms with Gasteiger partial charge in [-0.25, -0.2) is 15.0 Å². The first-order valence-electron chi connectivity index (χ1n) is 10.2. The molecule has 0 aliphatic heterocycles. The highest BCUT2D eigenvalue weighted by molar-refractivity contribution is 7.10. The molecule has 1 fully saturated rings. The molecule has 1 aliphatic carbocycles. The monoisotopic (exact) mass is 464 g/mol. The quantitative estimate of drug-likeness (QED) is 0.422. The number of carbonyl (C=O) groups excluding carboxylic acids is 1. The molecule has 4 rings (SSSR count). The highest BCUT2D eigenvalue weighted by Gasteiger charge is 2.43. The Morgan fingerprint density at radius 2 is 2.16 bits per heavy atom. The van der Waals surface area contributed by atoms with Crippen LogP contribution in [0.2, 0.25) is 5.02 Å². The van der Waals surface area contributed by atoms with E-state index in [4.69, 9.17) is 11.6 Å². The van der Waals surface area contributed by atoms with Crippen LogP contribution in [0.3, 0.4) is 0 Å². The summed E-state index contributed by atoms with van der Waals surface area (Å²) in [6, 6.07) is 1.01. The molecule has 0 radical (unpaired) electrons. The van der Waals surface area contributed by atoms with Crippen molar-refractivity contribution >= 4 is 45.8 Å². The van der Waals surface area contributed by atoms with Gasteiger partial charge in [-0.1, -0.05) is 18.5 Å². The molecule has 3 aromatic rings. The van der Waals surface area contributed by atoms with E-state index in [1.165, 1.54) is 13.3 Å². The number of hydrogen-bond donors (Lipinski definition) is 4. The van der Waals surface area contributed by atoms with Crippen LogP contribution in [0.1, 0.15) is 37.6 Å². The molecular formula is C20H25ClN6O3S. The van der Waals surface area contributed by atoms with Crippen molar-refractivity contribution in [2.24, 2.45) is 0 Å². The average molecular weight is 465 g/mol. The molecule has 5 atom stereocenters. The van der Waals surface area contributed by atoms with Crippen LogP contribution < -0.4 is 10.6 Å². The third-order valence-electron chi connectivity index (χ3n) is 5.71. The molecule has 3 heterocycles. The number of imidazole rings is 1. The van der Waals surface area contributed by atoms with Crippen LogP contribution in [0.4, 0.5) is 5.82 Å². The number of nitrogens with one attached hydrogen (secondary N) is 2. The summed E-state index contributed by atoms with van der Waals surface area (Å²) >= 11 is 7.88. The number of rotatable bonds is 7. The van der Waals surface area contributed by atoms with E-state index < -0.39 is 24.3 Å². The number of halogens is 1. The minimum absolute atomic E-state index is 0.113. The van der Waals surface area contributed by atoms with E-state index in [1.807, 2.05) is 11.4 Å². The van der Waals surface area contributed by atoms with Gasteiger partial charge in [-0.3, -0.25) is 4.79 Å². The third kappa shape index (κ3) is 4.38. The first-order chi connectivity index (χ1) is 14.9. The van der Waals surface area contributed by atoms with Gasteiger partial charge in [-0.05, 0) is 24.3 Å². The molecule has 4 N–H and O–H groups in total. The number of carbonyl (C=O) groups is 1.